The molecule has 0 radical (unpaired) electrons. The molecule has 0 amide bonds. The molecular weight excluding hydrogens is 339 g/mol. The number of furan rings is 1. The van der Waals surface area contributed by atoms with E-state index in [4.69, 9.17) is 4.42 Å². The normalized spacial score (nSPS) is 12.9. The third-order valence-electron chi connectivity index (χ3n) is 2.92. The van der Waals surface area contributed by atoms with E-state index < -0.39 is 26.8 Å². The van der Waals surface area contributed by atoms with Crippen LogP contribution >= 0.6 is 11.3 Å². The second kappa shape index (κ2) is 5.10. The van der Waals surface area contributed by atoms with Crippen LogP contribution in [0.5, 0.6) is 0 Å². The fourth-order valence-electron chi connectivity index (χ4n) is 1.92. The van der Waals surface area contributed by atoms with Crippen molar-refractivity contribution in [1.82, 2.24) is 4.98 Å². The molecule has 22 heavy (non-hydrogen) atoms. The zero-order chi connectivity index (χ0) is 16.0. The smallest absolute Gasteiger partial charge is 0.443 e. The van der Waals surface area contributed by atoms with Crippen LogP contribution in [-0.4, -0.2) is 13.4 Å². The minimum Gasteiger partial charge on any atom is -0.464 e. The molecule has 3 aromatic rings. The number of fused-ring (bicyclic) bond motifs is 1. The highest BCUT2D eigenvalue weighted by molar-refractivity contribution is 7.90. The Labute approximate surface area is 127 Å². The molecule has 1 aromatic carbocycles. The number of rotatable bonds is 3. The number of benzene rings is 1. The SMILES string of the molecule is O=S(=O)(Cc1csc(C(F)(F)F)n1)c1ccc2occc2c1. The van der Waals surface area contributed by atoms with E-state index in [0.717, 1.165) is 5.38 Å². The standard InChI is InChI=1S/C13H8F3NO3S2/c14-13(15,16)12-17-9(6-21-12)7-22(18,19)10-1-2-11-8(5-10)3-4-20-11/h1-6H,7H2. The van der Waals surface area contributed by atoms with Crippen molar-refractivity contribution >= 4 is 32.1 Å². The number of hydrogen-bond acceptors (Lipinski definition) is 5. The minimum atomic E-state index is -4.57. The van der Waals surface area contributed by atoms with Gasteiger partial charge in [0.2, 0.25) is 0 Å². The Morgan fingerprint density at radius 2 is 2.00 bits per heavy atom. The van der Waals surface area contributed by atoms with E-state index in [1.54, 1.807) is 6.07 Å². The number of alkyl halides is 3. The second-order valence-corrected chi connectivity index (χ2v) is 7.37. The fraction of sp³-hybridized carbons (Fsp3) is 0.154. The van der Waals surface area contributed by atoms with Gasteiger partial charge in [-0.3, -0.25) is 0 Å². The topological polar surface area (TPSA) is 60.2 Å². The van der Waals surface area contributed by atoms with Gasteiger partial charge in [0.15, 0.2) is 14.8 Å². The van der Waals surface area contributed by atoms with Crippen LogP contribution in [0.25, 0.3) is 11.0 Å². The lowest BCUT2D eigenvalue weighted by molar-refractivity contribution is -0.137. The zero-order valence-electron chi connectivity index (χ0n) is 10.8. The molecule has 3 rings (SSSR count). The highest BCUT2D eigenvalue weighted by atomic mass is 32.2. The summed E-state index contributed by atoms with van der Waals surface area (Å²) in [5.41, 5.74) is 0.414. The van der Waals surface area contributed by atoms with Crippen LogP contribution in [0.15, 0.2) is 45.2 Å². The van der Waals surface area contributed by atoms with E-state index in [0.29, 0.717) is 22.3 Å². The second-order valence-electron chi connectivity index (χ2n) is 4.52. The molecule has 2 heterocycles. The molecule has 0 spiro atoms. The Hall–Kier alpha value is -1.87. The summed E-state index contributed by atoms with van der Waals surface area (Å²) in [7, 11) is -3.78. The first-order valence-electron chi connectivity index (χ1n) is 5.97. The lowest BCUT2D eigenvalue weighted by atomic mass is 10.3. The number of aromatic nitrogens is 1. The minimum absolute atomic E-state index is 0.0166. The van der Waals surface area contributed by atoms with Gasteiger partial charge in [0.25, 0.3) is 0 Å². The molecule has 0 atom stereocenters. The van der Waals surface area contributed by atoms with Crippen LogP contribution in [0.4, 0.5) is 13.2 Å². The summed E-state index contributed by atoms with van der Waals surface area (Å²) < 4.78 is 67.1. The maximum Gasteiger partial charge on any atom is 0.443 e. The van der Waals surface area contributed by atoms with Crippen molar-refractivity contribution in [2.45, 2.75) is 16.8 Å². The van der Waals surface area contributed by atoms with Crippen LogP contribution in [0, 0.1) is 0 Å². The molecule has 9 heteroatoms. The van der Waals surface area contributed by atoms with Crippen LogP contribution in [0.1, 0.15) is 10.7 Å². The third kappa shape index (κ3) is 2.86. The molecule has 0 bridgehead atoms. The number of nitrogens with zero attached hydrogens (tertiary/aromatic N) is 1. The summed E-state index contributed by atoms with van der Waals surface area (Å²) in [6.45, 7) is 0. The molecule has 0 unspecified atom stereocenters. The van der Waals surface area contributed by atoms with Crippen LogP contribution in [0.3, 0.4) is 0 Å². The lowest BCUT2D eigenvalue weighted by Crippen LogP contribution is -2.07. The summed E-state index contributed by atoms with van der Waals surface area (Å²) in [6.07, 6.45) is -3.14. The van der Waals surface area contributed by atoms with Gasteiger partial charge < -0.3 is 4.42 Å². The molecule has 0 aliphatic heterocycles. The zero-order valence-corrected chi connectivity index (χ0v) is 12.4. The summed E-state index contributed by atoms with van der Waals surface area (Å²) in [4.78, 5) is 3.36. The van der Waals surface area contributed by atoms with Gasteiger partial charge in [0.1, 0.15) is 5.58 Å². The summed E-state index contributed by atoms with van der Waals surface area (Å²) in [5.74, 6) is -0.580. The Bertz CT molecular complexity index is 925. The maximum absolute atomic E-state index is 12.5. The lowest BCUT2D eigenvalue weighted by Gasteiger charge is -2.03. The fourth-order valence-corrected chi connectivity index (χ4v) is 4.00. The van der Waals surface area contributed by atoms with Gasteiger partial charge in [-0.15, -0.1) is 11.3 Å². The van der Waals surface area contributed by atoms with Gasteiger partial charge in [-0.1, -0.05) is 0 Å². The molecule has 0 fully saturated rings. The first-order valence-corrected chi connectivity index (χ1v) is 8.50. The summed E-state index contributed by atoms with van der Waals surface area (Å²) in [5, 5.41) is 0.662. The van der Waals surface area contributed by atoms with E-state index in [9.17, 15) is 21.6 Å². The van der Waals surface area contributed by atoms with Crippen LogP contribution < -0.4 is 0 Å². The average molecular weight is 347 g/mol. The number of halogens is 3. The van der Waals surface area contributed by atoms with Gasteiger partial charge in [0, 0.05) is 10.8 Å². The van der Waals surface area contributed by atoms with Crippen LogP contribution in [0.2, 0.25) is 0 Å². The molecule has 0 aliphatic carbocycles. The summed E-state index contributed by atoms with van der Waals surface area (Å²) >= 11 is 0.381. The van der Waals surface area contributed by atoms with Crippen molar-refractivity contribution in [2.24, 2.45) is 0 Å². The first kappa shape index (κ1) is 15.0. The molecule has 4 nitrogen and oxygen atoms in total. The van der Waals surface area contributed by atoms with Gasteiger partial charge in [-0.05, 0) is 24.3 Å². The van der Waals surface area contributed by atoms with Crippen LogP contribution in [-0.2, 0) is 21.8 Å². The average Bonchev–Trinajstić information content (AvgIpc) is 3.04. The molecule has 0 saturated heterocycles. The molecule has 2 aromatic heterocycles. The molecule has 116 valence electrons. The quantitative estimate of drug-likeness (QED) is 0.721. The number of thiazole rings is 1. The highest BCUT2D eigenvalue weighted by Crippen LogP contribution is 2.32. The highest BCUT2D eigenvalue weighted by Gasteiger charge is 2.35. The third-order valence-corrected chi connectivity index (χ3v) is 5.50. The van der Waals surface area contributed by atoms with Gasteiger partial charge in [-0.2, -0.15) is 13.2 Å². The van der Waals surface area contributed by atoms with Crippen molar-refractivity contribution < 1.29 is 26.0 Å². The predicted molar refractivity (Wildman–Crippen MR) is 74.2 cm³/mol. The molecule has 0 saturated carbocycles. The van der Waals surface area contributed by atoms with Gasteiger partial charge in [0.05, 0.1) is 22.6 Å². The molecule has 0 aliphatic rings. The monoisotopic (exact) mass is 347 g/mol. The van der Waals surface area contributed by atoms with Gasteiger partial charge in [-0.25, -0.2) is 13.4 Å². The Balaban J connectivity index is 1.91. The van der Waals surface area contributed by atoms with E-state index >= 15 is 0 Å². The number of hydrogen-bond donors (Lipinski definition) is 0. The maximum atomic E-state index is 12.5. The first-order chi connectivity index (χ1) is 10.3. The van der Waals surface area contributed by atoms with E-state index in [1.807, 2.05) is 0 Å². The largest absolute Gasteiger partial charge is 0.464 e. The van der Waals surface area contributed by atoms with Crippen molar-refractivity contribution in [3.05, 3.63) is 46.6 Å². The number of sulfone groups is 1. The van der Waals surface area contributed by atoms with Crippen molar-refractivity contribution in [1.29, 1.82) is 0 Å². The Kier molecular flexibility index (Phi) is 3.48. The Morgan fingerprint density at radius 1 is 1.23 bits per heavy atom. The predicted octanol–water partition coefficient (Wildman–Crippen LogP) is 3.88. The summed E-state index contributed by atoms with van der Waals surface area (Å²) in [6, 6.07) is 5.90. The van der Waals surface area contributed by atoms with E-state index in [2.05, 4.69) is 4.98 Å². The molecule has 0 N–H and O–H groups in total. The Morgan fingerprint density at radius 3 is 2.68 bits per heavy atom. The van der Waals surface area contributed by atoms with Gasteiger partial charge >= 0.3 is 6.18 Å². The van der Waals surface area contributed by atoms with Crippen molar-refractivity contribution in [3.63, 3.8) is 0 Å². The van der Waals surface area contributed by atoms with Crippen molar-refractivity contribution in [3.8, 4) is 0 Å². The molecular formula is C13H8F3NO3S2. The van der Waals surface area contributed by atoms with E-state index in [1.165, 1.54) is 24.5 Å². The van der Waals surface area contributed by atoms with Crippen molar-refractivity contribution in [2.75, 3.05) is 0 Å². The van der Waals surface area contributed by atoms with E-state index in [-0.39, 0.29) is 10.6 Å².